The minimum atomic E-state index is -0.508. The van der Waals surface area contributed by atoms with Crippen LogP contribution >= 0.6 is 11.6 Å². The van der Waals surface area contributed by atoms with Crippen LogP contribution in [0.4, 0.5) is 11.4 Å². The zero-order chi connectivity index (χ0) is 25.1. The van der Waals surface area contributed by atoms with E-state index in [1.165, 1.54) is 0 Å². The van der Waals surface area contributed by atoms with Crippen LogP contribution in [0.3, 0.4) is 0 Å². The van der Waals surface area contributed by atoms with E-state index >= 15 is 0 Å². The van der Waals surface area contributed by atoms with Gasteiger partial charge in [0.25, 0.3) is 0 Å². The number of hydrogen-bond acceptors (Lipinski definition) is 3. The Balaban J connectivity index is 1.66. The summed E-state index contributed by atoms with van der Waals surface area (Å²) in [6, 6.07) is 25.1. The van der Waals surface area contributed by atoms with Crippen molar-refractivity contribution in [3.63, 3.8) is 0 Å². The zero-order valence-corrected chi connectivity index (χ0v) is 21.3. The minimum absolute atomic E-state index is 0.0318. The topological polar surface area (TPSA) is 49.4 Å². The molecule has 0 unspecified atom stereocenters. The maximum absolute atomic E-state index is 13.9. The van der Waals surface area contributed by atoms with Gasteiger partial charge in [-0.3, -0.25) is 14.5 Å². The Kier molecular flexibility index (Phi) is 7.24. The molecule has 2 atom stereocenters. The van der Waals surface area contributed by atoms with Crippen LogP contribution in [-0.4, -0.2) is 11.7 Å². The zero-order valence-electron chi connectivity index (χ0n) is 20.5. The van der Waals surface area contributed by atoms with Crippen LogP contribution in [0, 0.1) is 0 Å². The Morgan fingerprint density at radius 1 is 0.917 bits per heavy atom. The SMILES string of the molecule is CCCCCC(=O)N1c2ccccc2NC2=C(C(=O)C[C@H](c3ccccc3)C2)[C@@H]1c1ccc(Cl)cc1. The van der Waals surface area contributed by atoms with E-state index in [0.717, 1.165) is 47.5 Å². The third kappa shape index (κ3) is 4.83. The number of carbonyl (C=O) groups excluding carboxylic acids is 2. The van der Waals surface area contributed by atoms with Crippen LogP contribution in [0.5, 0.6) is 0 Å². The molecule has 2 aliphatic rings. The molecule has 5 rings (SSSR count). The lowest BCUT2D eigenvalue weighted by molar-refractivity contribution is -0.119. The van der Waals surface area contributed by atoms with E-state index < -0.39 is 6.04 Å². The first-order valence-electron chi connectivity index (χ1n) is 12.8. The second-order valence-electron chi connectivity index (χ2n) is 9.65. The highest BCUT2D eigenvalue weighted by Gasteiger charge is 2.41. The Morgan fingerprint density at radius 3 is 2.39 bits per heavy atom. The van der Waals surface area contributed by atoms with Gasteiger partial charge >= 0.3 is 0 Å². The first-order chi connectivity index (χ1) is 17.6. The number of carbonyl (C=O) groups is 2. The Morgan fingerprint density at radius 2 is 1.64 bits per heavy atom. The molecule has 0 aromatic heterocycles. The number of allylic oxidation sites excluding steroid dienone is 1. The fraction of sp³-hybridized carbons (Fsp3) is 0.290. The van der Waals surface area contributed by atoms with Crippen molar-refractivity contribution < 1.29 is 9.59 Å². The van der Waals surface area contributed by atoms with Gasteiger partial charge in [-0.15, -0.1) is 0 Å². The van der Waals surface area contributed by atoms with Crippen molar-refractivity contribution in [3.05, 3.63) is 106 Å². The van der Waals surface area contributed by atoms with Crippen LogP contribution in [0.2, 0.25) is 5.02 Å². The van der Waals surface area contributed by atoms with E-state index in [-0.39, 0.29) is 17.6 Å². The number of ketones is 1. The summed E-state index contributed by atoms with van der Waals surface area (Å²) in [7, 11) is 0. The highest BCUT2D eigenvalue weighted by atomic mass is 35.5. The van der Waals surface area contributed by atoms with E-state index in [0.29, 0.717) is 29.9 Å². The van der Waals surface area contributed by atoms with Gasteiger partial charge in [0.2, 0.25) is 5.91 Å². The maximum atomic E-state index is 13.9. The molecule has 0 spiro atoms. The molecule has 0 saturated carbocycles. The summed E-state index contributed by atoms with van der Waals surface area (Å²) in [6.07, 6.45) is 4.43. The summed E-state index contributed by atoms with van der Waals surface area (Å²) in [5, 5.41) is 4.22. The summed E-state index contributed by atoms with van der Waals surface area (Å²) < 4.78 is 0. The summed E-state index contributed by atoms with van der Waals surface area (Å²) >= 11 is 6.23. The highest BCUT2D eigenvalue weighted by Crippen LogP contribution is 2.47. The number of amides is 1. The maximum Gasteiger partial charge on any atom is 0.227 e. The molecule has 1 amide bonds. The number of anilines is 2. The van der Waals surface area contributed by atoms with Gasteiger partial charge in [-0.1, -0.05) is 86.0 Å². The Hall–Kier alpha value is -3.37. The molecule has 5 heteroatoms. The van der Waals surface area contributed by atoms with Gasteiger partial charge < -0.3 is 5.32 Å². The van der Waals surface area contributed by atoms with Gasteiger partial charge in [0, 0.05) is 29.1 Å². The molecule has 3 aromatic carbocycles. The van der Waals surface area contributed by atoms with E-state index in [4.69, 9.17) is 11.6 Å². The molecule has 1 heterocycles. The van der Waals surface area contributed by atoms with Crippen molar-refractivity contribution in [2.24, 2.45) is 0 Å². The molecule has 0 radical (unpaired) electrons. The van der Waals surface area contributed by atoms with Crippen LogP contribution < -0.4 is 10.2 Å². The van der Waals surface area contributed by atoms with Crippen LogP contribution in [0.1, 0.15) is 68.5 Å². The monoisotopic (exact) mass is 498 g/mol. The molecular formula is C31H31ClN2O2. The van der Waals surface area contributed by atoms with Crippen molar-refractivity contribution >= 4 is 34.7 Å². The van der Waals surface area contributed by atoms with E-state index in [2.05, 4.69) is 24.4 Å². The second kappa shape index (κ2) is 10.7. The number of fused-ring (bicyclic) bond motifs is 1. The number of nitrogens with zero attached hydrogens (tertiary/aromatic N) is 1. The van der Waals surface area contributed by atoms with Gasteiger partial charge in [0.15, 0.2) is 5.78 Å². The molecular weight excluding hydrogens is 468 g/mol. The lowest BCUT2D eigenvalue weighted by atomic mass is 9.78. The average Bonchev–Trinajstić information content (AvgIpc) is 3.04. The average molecular weight is 499 g/mol. The fourth-order valence-electron chi connectivity index (χ4n) is 5.43. The number of unbranched alkanes of at least 4 members (excludes halogenated alkanes) is 2. The number of rotatable bonds is 6. The number of benzene rings is 3. The first kappa shape index (κ1) is 24.3. The lowest BCUT2D eigenvalue weighted by Gasteiger charge is -2.35. The molecule has 0 saturated heterocycles. The fourth-order valence-corrected chi connectivity index (χ4v) is 5.56. The van der Waals surface area contributed by atoms with E-state index in [9.17, 15) is 9.59 Å². The first-order valence-corrected chi connectivity index (χ1v) is 13.2. The van der Waals surface area contributed by atoms with Gasteiger partial charge in [-0.25, -0.2) is 0 Å². The number of halogens is 1. The van der Waals surface area contributed by atoms with E-state index in [1.807, 2.05) is 71.6 Å². The van der Waals surface area contributed by atoms with Gasteiger partial charge in [-0.2, -0.15) is 0 Å². The second-order valence-corrected chi connectivity index (χ2v) is 10.1. The number of Topliss-reactive ketones (excluding diaryl/α,β-unsaturated/α-hetero) is 1. The van der Waals surface area contributed by atoms with Gasteiger partial charge in [0.1, 0.15) is 0 Å². The smallest absolute Gasteiger partial charge is 0.227 e. The van der Waals surface area contributed by atoms with Crippen molar-refractivity contribution in [1.29, 1.82) is 0 Å². The molecule has 1 aliphatic carbocycles. The van der Waals surface area contributed by atoms with Crippen LogP contribution in [0.25, 0.3) is 0 Å². The lowest BCUT2D eigenvalue weighted by Crippen LogP contribution is -2.38. The summed E-state index contributed by atoms with van der Waals surface area (Å²) in [6.45, 7) is 2.13. The Labute approximate surface area is 218 Å². The number of para-hydroxylation sites is 2. The van der Waals surface area contributed by atoms with Crippen molar-refractivity contribution in [3.8, 4) is 0 Å². The van der Waals surface area contributed by atoms with Crippen LogP contribution in [-0.2, 0) is 9.59 Å². The summed E-state index contributed by atoms with van der Waals surface area (Å²) in [4.78, 5) is 29.6. The van der Waals surface area contributed by atoms with Crippen molar-refractivity contribution in [2.75, 3.05) is 10.2 Å². The number of nitrogens with one attached hydrogen (secondary N) is 1. The Bertz CT molecular complexity index is 1280. The summed E-state index contributed by atoms with van der Waals surface area (Å²) in [5.74, 6) is 0.205. The predicted molar refractivity (Wildman–Crippen MR) is 146 cm³/mol. The normalized spacial score (nSPS) is 19.3. The minimum Gasteiger partial charge on any atom is -0.357 e. The molecule has 0 bridgehead atoms. The molecule has 1 aliphatic heterocycles. The summed E-state index contributed by atoms with van der Waals surface area (Å²) in [5.41, 5.74) is 5.29. The molecule has 4 nitrogen and oxygen atoms in total. The quantitative estimate of drug-likeness (QED) is 0.352. The molecule has 36 heavy (non-hydrogen) atoms. The largest absolute Gasteiger partial charge is 0.357 e. The van der Waals surface area contributed by atoms with E-state index in [1.54, 1.807) is 0 Å². The van der Waals surface area contributed by atoms with Crippen molar-refractivity contribution in [1.82, 2.24) is 0 Å². The molecule has 0 fully saturated rings. The van der Waals surface area contributed by atoms with Gasteiger partial charge in [-0.05, 0) is 54.2 Å². The van der Waals surface area contributed by atoms with Crippen LogP contribution in [0.15, 0.2) is 90.1 Å². The molecule has 184 valence electrons. The third-order valence-corrected chi connectivity index (χ3v) is 7.46. The third-order valence-electron chi connectivity index (χ3n) is 7.21. The number of hydrogen-bond donors (Lipinski definition) is 1. The molecule has 3 aromatic rings. The molecule has 1 N–H and O–H groups in total. The standard InChI is InChI=1S/C31H31ClN2O2/c1-2-3-5-14-29(36)34-27-13-9-8-12-25(27)33-26-19-23(21-10-6-4-7-11-21)20-28(35)30(26)31(34)22-15-17-24(32)18-16-22/h4,6-13,15-18,23,31,33H,2-3,5,14,19-20H2,1H3/t23-,31+/m1/s1. The highest BCUT2D eigenvalue weighted by molar-refractivity contribution is 6.30. The predicted octanol–water partition coefficient (Wildman–Crippen LogP) is 7.82. The van der Waals surface area contributed by atoms with Gasteiger partial charge in [0.05, 0.1) is 17.4 Å². The van der Waals surface area contributed by atoms with Crippen molar-refractivity contribution in [2.45, 2.75) is 57.4 Å².